The maximum absolute atomic E-state index is 8.71. The summed E-state index contributed by atoms with van der Waals surface area (Å²) < 4.78 is 0. The van der Waals surface area contributed by atoms with Crippen molar-refractivity contribution in [3.63, 3.8) is 0 Å². The van der Waals surface area contributed by atoms with Gasteiger partial charge in [0.25, 0.3) is 0 Å². The van der Waals surface area contributed by atoms with E-state index in [0.29, 0.717) is 5.56 Å². The van der Waals surface area contributed by atoms with Crippen molar-refractivity contribution in [1.82, 2.24) is 4.98 Å². The molecule has 1 aromatic rings. The van der Waals surface area contributed by atoms with Crippen LogP contribution in [0.25, 0.3) is 0 Å². The Kier molecular flexibility index (Phi) is 3.09. The highest BCUT2D eigenvalue weighted by Crippen LogP contribution is 2.28. The van der Waals surface area contributed by atoms with Crippen LogP contribution in [0.3, 0.4) is 0 Å². The van der Waals surface area contributed by atoms with Crippen LogP contribution in [0.1, 0.15) is 25.8 Å². The Balaban J connectivity index is 2.11. The van der Waals surface area contributed by atoms with E-state index in [9.17, 15) is 0 Å². The van der Waals surface area contributed by atoms with Crippen molar-refractivity contribution in [2.75, 3.05) is 18.0 Å². The van der Waals surface area contributed by atoms with Crippen molar-refractivity contribution < 1.29 is 0 Å². The highest BCUT2D eigenvalue weighted by molar-refractivity contribution is 5.43. The van der Waals surface area contributed by atoms with Gasteiger partial charge in [0.1, 0.15) is 11.9 Å². The van der Waals surface area contributed by atoms with Gasteiger partial charge in [-0.2, -0.15) is 5.26 Å². The topological polar surface area (TPSA) is 39.9 Å². The van der Waals surface area contributed by atoms with Gasteiger partial charge in [-0.3, -0.25) is 0 Å². The van der Waals surface area contributed by atoms with Crippen molar-refractivity contribution in [3.8, 4) is 6.07 Å². The number of nitriles is 1. The van der Waals surface area contributed by atoms with E-state index in [4.69, 9.17) is 5.26 Å². The van der Waals surface area contributed by atoms with Crippen molar-refractivity contribution in [2.24, 2.45) is 11.8 Å². The summed E-state index contributed by atoms with van der Waals surface area (Å²) in [4.78, 5) is 6.66. The van der Waals surface area contributed by atoms with Crippen LogP contribution in [-0.2, 0) is 0 Å². The van der Waals surface area contributed by atoms with Crippen LogP contribution in [0, 0.1) is 23.2 Å². The molecule has 3 nitrogen and oxygen atoms in total. The van der Waals surface area contributed by atoms with Crippen molar-refractivity contribution in [3.05, 3.63) is 23.9 Å². The van der Waals surface area contributed by atoms with Gasteiger partial charge >= 0.3 is 0 Å². The molecule has 84 valence electrons. The van der Waals surface area contributed by atoms with Crippen LogP contribution < -0.4 is 4.90 Å². The molecule has 2 heterocycles. The minimum Gasteiger partial charge on any atom is -0.356 e. The highest BCUT2D eigenvalue weighted by Gasteiger charge is 2.28. The Bertz CT molecular complexity index is 391. The standard InChI is InChI=1S/C13H17N3/c1-3-12-9-16(8-10(12)2)13-5-4-11(6-14)7-15-13/h4-5,7,10,12H,3,8-9H2,1-2H3/t10-,12+/m1/s1. The van der Waals surface area contributed by atoms with Crippen molar-refractivity contribution >= 4 is 5.82 Å². The summed E-state index contributed by atoms with van der Waals surface area (Å²) in [6.45, 7) is 6.72. The summed E-state index contributed by atoms with van der Waals surface area (Å²) in [5, 5.41) is 8.71. The molecule has 0 amide bonds. The fourth-order valence-corrected chi connectivity index (χ4v) is 2.39. The molecule has 0 saturated carbocycles. The largest absolute Gasteiger partial charge is 0.356 e. The van der Waals surface area contributed by atoms with E-state index < -0.39 is 0 Å². The lowest BCUT2D eigenvalue weighted by atomic mass is 9.96. The maximum Gasteiger partial charge on any atom is 0.128 e. The van der Waals surface area contributed by atoms with Gasteiger partial charge in [-0.15, -0.1) is 0 Å². The van der Waals surface area contributed by atoms with Gasteiger partial charge in [-0.05, 0) is 24.0 Å². The third-order valence-electron chi connectivity index (χ3n) is 3.49. The molecule has 1 saturated heterocycles. The Morgan fingerprint density at radius 3 is 2.81 bits per heavy atom. The van der Waals surface area contributed by atoms with E-state index in [1.807, 2.05) is 12.1 Å². The Morgan fingerprint density at radius 1 is 1.50 bits per heavy atom. The van der Waals surface area contributed by atoms with E-state index in [-0.39, 0.29) is 0 Å². The zero-order valence-electron chi connectivity index (χ0n) is 9.85. The second-order valence-electron chi connectivity index (χ2n) is 4.57. The lowest BCUT2D eigenvalue weighted by Gasteiger charge is -2.16. The average Bonchev–Trinajstić information content (AvgIpc) is 2.71. The summed E-state index contributed by atoms with van der Waals surface area (Å²) in [7, 11) is 0. The molecule has 0 unspecified atom stereocenters. The number of rotatable bonds is 2. The van der Waals surface area contributed by atoms with Gasteiger partial charge in [-0.1, -0.05) is 20.3 Å². The molecule has 0 aliphatic carbocycles. The summed E-state index contributed by atoms with van der Waals surface area (Å²) in [6.07, 6.45) is 2.88. The number of aromatic nitrogens is 1. The average molecular weight is 215 g/mol. The zero-order chi connectivity index (χ0) is 11.5. The van der Waals surface area contributed by atoms with Gasteiger partial charge in [0, 0.05) is 19.3 Å². The summed E-state index contributed by atoms with van der Waals surface area (Å²) in [5.41, 5.74) is 0.628. The van der Waals surface area contributed by atoms with Crippen LogP contribution in [0.2, 0.25) is 0 Å². The molecule has 2 rings (SSSR count). The molecular weight excluding hydrogens is 198 g/mol. The molecule has 1 aromatic heterocycles. The van der Waals surface area contributed by atoms with Gasteiger partial charge < -0.3 is 4.90 Å². The first kappa shape index (κ1) is 10.9. The first-order valence-electron chi connectivity index (χ1n) is 5.85. The van der Waals surface area contributed by atoms with E-state index in [2.05, 4.69) is 29.8 Å². The fraction of sp³-hybridized carbons (Fsp3) is 0.538. The first-order valence-corrected chi connectivity index (χ1v) is 5.85. The van der Waals surface area contributed by atoms with Crippen molar-refractivity contribution in [1.29, 1.82) is 5.26 Å². The Labute approximate surface area is 96.7 Å². The molecule has 0 aromatic carbocycles. The van der Waals surface area contributed by atoms with Crippen molar-refractivity contribution in [2.45, 2.75) is 20.3 Å². The zero-order valence-corrected chi connectivity index (χ0v) is 9.85. The monoisotopic (exact) mass is 215 g/mol. The number of hydrogen-bond acceptors (Lipinski definition) is 3. The highest BCUT2D eigenvalue weighted by atomic mass is 15.2. The Hall–Kier alpha value is -1.56. The van der Waals surface area contributed by atoms with Crippen LogP contribution in [0.4, 0.5) is 5.82 Å². The van der Waals surface area contributed by atoms with Gasteiger partial charge in [0.05, 0.1) is 5.56 Å². The molecule has 3 heteroatoms. The lowest BCUT2D eigenvalue weighted by molar-refractivity contribution is 0.440. The number of nitrogens with zero attached hydrogens (tertiary/aromatic N) is 3. The molecule has 0 spiro atoms. The summed E-state index contributed by atoms with van der Waals surface area (Å²) >= 11 is 0. The second kappa shape index (κ2) is 4.52. The first-order chi connectivity index (χ1) is 7.74. The summed E-state index contributed by atoms with van der Waals surface area (Å²) in [5.74, 6) is 2.52. The van der Waals surface area contributed by atoms with E-state index in [1.165, 1.54) is 6.42 Å². The van der Waals surface area contributed by atoms with E-state index in [1.54, 1.807) is 6.20 Å². The smallest absolute Gasteiger partial charge is 0.128 e. The van der Waals surface area contributed by atoms with E-state index in [0.717, 1.165) is 30.7 Å². The number of pyridine rings is 1. The molecular formula is C13H17N3. The number of anilines is 1. The van der Waals surface area contributed by atoms with Crippen LogP contribution >= 0.6 is 0 Å². The predicted octanol–water partition coefficient (Wildman–Crippen LogP) is 2.44. The maximum atomic E-state index is 8.71. The normalized spacial score (nSPS) is 24.4. The third-order valence-corrected chi connectivity index (χ3v) is 3.49. The quantitative estimate of drug-likeness (QED) is 0.760. The van der Waals surface area contributed by atoms with Crippen LogP contribution in [0.15, 0.2) is 18.3 Å². The molecule has 1 aliphatic rings. The summed E-state index contributed by atoms with van der Waals surface area (Å²) in [6, 6.07) is 5.88. The second-order valence-corrected chi connectivity index (χ2v) is 4.57. The van der Waals surface area contributed by atoms with Gasteiger partial charge in [-0.25, -0.2) is 4.98 Å². The molecule has 1 fully saturated rings. The fourth-order valence-electron chi connectivity index (χ4n) is 2.39. The molecule has 0 N–H and O–H groups in total. The minimum absolute atomic E-state index is 0.628. The molecule has 0 radical (unpaired) electrons. The lowest BCUT2D eigenvalue weighted by Crippen LogP contribution is -2.20. The third kappa shape index (κ3) is 2.01. The predicted molar refractivity (Wildman–Crippen MR) is 64.1 cm³/mol. The Morgan fingerprint density at radius 2 is 2.31 bits per heavy atom. The minimum atomic E-state index is 0.628. The van der Waals surface area contributed by atoms with Gasteiger partial charge in [0.2, 0.25) is 0 Å². The number of hydrogen-bond donors (Lipinski definition) is 0. The molecule has 0 bridgehead atoms. The molecule has 1 aliphatic heterocycles. The molecule has 16 heavy (non-hydrogen) atoms. The van der Waals surface area contributed by atoms with Crippen LogP contribution in [-0.4, -0.2) is 18.1 Å². The van der Waals surface area contributed by atoms with Crippen LogP contribution in [0.5, 0.6) is 0 Å². The molecule has 2 atom stereocenters. The SMILES string of the molecule is CC[C@H]1CN(c2ccc(C#N)cn2)C[C@H]1C. The van der Waals surface area contributed by atoms with Gasteiger partial charge in [0.15, 0.2) is 0 Å². The van der Waals surface area contributed by atoms with E-state index >= 15 is 0 Å².